The smallest absolute Gasteiger partial charge is 0.130 e. The summed E-state index contributed by atoms with van der Waals surface area (Å²) in [6.07, 6.45) is 1.63. The molecule has 0 amide bonds. The van der Waals surface area contributed by atoms with E-state index in [1.165, 1.54) is 23.5 Å². The zero-order valence-corrected chi connectivity index (χ0v) is 7.45. The Kier molecular flexibility index (Phi) is 1.90. The minimum atomic E-state index is 0.0509. The summed E-state index contributed by atoms with van der Waals surface area (Å²) < 4.78 is 0. The summed E-state index contributed by atoms with van der Waals surface area (Å²) in [6.45, 7) is 0. The fourth-order valence-electron chi connectivity index (χ4n) is 1.09. The van der Waals surface area contributed by atoms with Crippen LogP contribution in [-0.2, 0) is 0 Å². The van der Waals surface area contributed by atoms with Gasteiger partial charge in [-0.25, -0.2) is 4.98 Å². The fourth-order valence-corrected chi connectivity index (χ4v) is 1.79. The van der Waals surface area contributed by atoms with Gasteiger partial charge in [-0.15, -0.1) is 11.3 Å². The Labute approximate surface area is 78.9 Å². The second-order valence-corrected chi connectivity index (χ2v) is 3.40. The SMILES string of the molecule is Oc1cccc(O)c1-c1nccs1. The van der Waals surface area contributed by atoms with Crippen molar-refractivity contribution in [3.63, 3.8) is 0 Å². The molecule has 0 aliphatic rings. The van der Waals surface area contributed by atoms with E-state index in [0.29, 0.717) is 10.6 Å². The number of rotatable bonds is 1. The van der Waals surface area contributed by atoms with E-state index in [0.717, 1.165) is 0 Å². The van der Waals surface area contributed by atoms with Crippen LogP contribution in [0.15, 0.2) is 29.8 Å². The average molecular weight is 193 g/mol. The van der Waals surface area contributed by atoms with Crippen LogP contribution in [0.2, 0.25) is 0 Å². The van der Waals surface area contributed by atoms with Gasteiger partial charge in [-0.3, -0.25) is 0 Å². The van der Waals surface area contributed by atoms with Crippen molar-refractivity contribution in [2.24, 2.45) is 0 Å². The number of aromatic nitrogens is 1. The van der Waals surface area contributed by atoms with Gasteiger partial charge in [0.15, 0.2) is 0 Å². The molecule has 0 atom stereocenters. The van der Waals surface area contributed by atoms with Crippen molar-refractivity contribution in [3.05, 3.63) is 29.8 Å². The third-order valence-electron chi connectivity index (χ3n) is 1.67. The normalized spacial score (nSPS) is 10.2. The highest BCUT2D eigenvalue weighted by Gasteiger charge is 2.10. The summed E-state index contributed by atoms with van der Waals surface area (Å²) in [5.41, 5.74) is 0.400. The lowest BCUT2D eigenvalue weighted by Crippen LogP contribution is -1.78. The Bertz CT molecular complexity index is 391. The van der Waals surface area contributed by atoms with Gasteiger partial charge in [-0.05, 0) is 12.1 Å². The molecule has 0 saturated heterocycles. The van der Waals surface area contributed by atoms with Gasteiger partial charge >= 0.3 is 0 Å². The average Bonchev–Trinajstić information content (AvgIpc) is 2.57. The molecule has 66 valence electrons. The number of phenols is 2. The van der Waals surface area contributed by atoms with Crippen molar-refractivity contribution >= 4 is 11.3 Å². The molecule has 13 heavy (non-hydrogen) atoms. The first-order chi connectivity index (χ1) is 6.29. The van der Waals surface area contributed by atoms with E-state index in [-0.39, 0.29) is 11.5 Å². The van der Waals surface area contributed by atoms with E-state index in [9.17, 15) is 10.2 Å². The van der Waals surface area contributed by atoms with Gasteiger partial charge in [0.05, 0.1) is 5.56 Å². The van der Waals surface area contributed by atoms with Crippen LogP contribution in [0.25, 0.3) is 10.6 Å². The van der Waals surface area contributed by atoms with E-state index in [1.807, 2.05) is 0 Å². The quantitative estimate of drug-likeness (QED) is 0.730. The molecule has 0 aliphatic heterocycles. The van der Waals surface area contributed by atoms with Crippen molar-refractivity contribution in [2.75, 3.05) is 0 Å². The second-order valence-electron chi connectivity index (χ2n) is 2.51. The third kappa shape index (κ3) is 1.36. The Morgan fingerprint density at radius 3 is 2.38 bits per heavy atom. The van der Waals surface area contributed by atoms with Gasteiger partial charge < -0.3 is 10.2 Å². The maximum atomic E-state index is 9.47. The van der Waals surface area contributed by atoms with Crippen molar-refractivity contribution < 1.29 is 10.2 Å². The molecule has 2 aromatic rings. The standard InChI is InChI=1S/C9H7NO2S/c11-6-2-1-3-7(12)8(6)9-10-4-5-13-9/h1-5,11-12H. The van der Waals surface area contributed by atoms with Crippen LogP contribution in [0.1, 0.15) is 0 Å². The first kappa shape index (κ1) is 8.07. The van der Waals surface area contributed by atoms with Crippen molar-refractivity contribution in [1.29, 1.82) is 0 Å². The predicted octanol–water partition coefficient (Wildman–Crippen LogP) is 2.22. The number of benzene rings is 1. The maximum absolute atomic E-state index is 9.47. The van der Waals surface area contributed by atoms with Crippen LogP contribution in [0.3, 0.4) is 0 Å². The first-order valence-corrected chi connectivity index (χ1v) is 4.58. The number of thiazole rings is 1. The first-order valence-electron chi connectivity index (χ1n) is 3.70. The van der Waals surface area contributed by atoms with Crippen molar-refractivity contribution in [1.82, 2.24) is 4.98 Å². The van der Waals surface area contributed by atoms with Crippen molar-refractivity contribution in [3.8, 4) is 22.1 Å². The maximum Gasteiger partial charge on any atom is 0.130 e. The monoisotopic (exact) mass is 193 g/mol. The molecule has 0 spiro atoms. The largest absolute Gasteiger partial charge is 0.507 e. The van der Waals surface area contributed by atoms with Crippen LogP contribution in [-0.4, -0.2) is 15.2 Å². The number of hydrogen-bond acceptors (Lipinski definition) is 4. The van der Waals surface area contributed by atoms with E-state index in [2.05, 4.69) is 4.98 Å². The summed E-state index contributed by atoms with van der Waals surface area (Å²) in [6, 6.07) is 4.63. The molecule has 0 bridgehead atoms. The molecule has 4 heteroatoms. The van der Waals surface area contributed by atoms with E-state index >= 15 is 0 Å². The molecule has 0 unspecified atom stereocenters. The number of aromatic hydroxyl groups is 2. The van der Waals surface area contributed by atoms with Crippen LogP contribution in [0.4, 0.5) is 0 Å². The van der Waals surface area contributed by atoms with Gasteiger partial charge in [0, 0.05) is 11.6 Å². The number of nitrogens with zero attached hydrogens (tertiary/aromatic N) is 1. The molecule has 1 aromatic heterocycles. The third-order valence-corrected chi connectivity index (χ3v) is 2.46. The van der Waals surface area contributed by atoms with Gasteiger partial charge in [-0.2, -0.15) is 0 Å². The lowest BCUT2D eigenvalue weighted by atomic mass is 10.2. The fraction of sp³-hybridized carbons (Fsp3) is 0. The number of phenolic OH excluding ortho intramolecular Hbond substituents is 2. The van der Waals surface area contributed by atoms with Gasteiger partial charge in [0.2, 0.25) is 0 Å². The highest BCUT2D eigenvalue weighted by atomic mass is 32.1. The Morgan fingerprint density at radius 2 is 1.85 bits per heavy atom. The zero-order chi connectivity index (χ0) is 9.26. The predicted molar refractivity (Wildman–Crippen MR) is 50.9 cm³/mol. The van der Waals surface area contributed by atoms with Gasteiger partial charge in [-0.1, -0.05) is 6.07 Å². The lowest BCUT2D eigenvalue weighted by Gasteiger charge is -2.02. The lowest BCUT2D eigenvalue weighted by molar-refractivity contribution is 0.454. The molecular formula is C9H7NO2S. The topological polar surface area (TPSA) is 53.4 Å². The molecule has 0 aliphatic carbocycles. The molecular weight excluding hydrogens is 186 g/mol. The minimum Gasteiger partial charge on any atom is -0.507 e. The molecule has 2 N–H and O–H groups in total. The zero-order valence-electron chi connectivity index (χ0n) is 6.64. The summed E-state index contributed by atoms with van der Waals surface area (Å²) in [5.74, 6) is 0.102. The van der Waals surface area contributed by atoms with Gasteiger partial charge in [0.25, 0.3) is 0 Å². The second kappa shape index (κ2) is 3.06. The van der Waals surface area contributed by atoms with Gasteiger partial charge in [0.1, 0.15) is 16.5 Å². The summed E-state index contributed by atoms with van der Waals surface area (Å²) in [4.78, 5) is 4.01. The molecule has 2 rings (SSSR count). The van der Waals surface area contributed by atoms with Crippen molar-refractivity contribution in [2.45, 2.75) is 0 Å². The summed E-state index contributed by atoms with van der Waals surface area (Å²) in [7, 11) is 0. The van der Waals surface area contributed by atoms with Crippen LogP contribution in [0, 0.1) is 0 Å². The van der Waals surface area contributed by atoms with E-state index < -0.39 is 0 Å². The van der Waals surface area contributed by atoms with E-state index in [4.69, 9.17) is 0 Å². The summed E-state index contributed by atoms with van der Waals surface area (Å²) >= 11 is 1.37. The molecule has 0 saturated carbocycles. The summed E-state index contributed by atoms with van der Waals surface area (Å²) in [5, 5.41) is 21.4. The molecule has 1 heterocycles. The van der Waals surface area contributed by atoms with Crippen LogP contribution >= 0.6 is 11.3 Å². The molecule has 1 aromatic carbocycles. The minimum absolute atomic E-state index is 0.0509. The van der Waals surface area contributed by atoms with Crippen LogP contribution < -0.4 is 0 Å². The van der Waals surface area contributed by atoms with E-state index in [1.54, 1.807) is 17.6 Å². The highest BCUT2D eigenvalue weighted by molar-refractivity contribution is 7.13. The number of hydrogen-bond donors (Lipinski definition) is 2. The molecule has 3 nitrogen and oxygen atoms in total. The molecule has 0 fully saturated rings. The molecule has 0 radical (unpaired) electrons. The van der Waals surface area contributed by atoms with Crippen LogP contribution in [0.5, 0.6) is 11.5 Å². The Hall–Kier alpha value is -1.55. The Morgan fingerprint density at radius 1 is 1.15 bits per heavy atom. The Balaban J connectivity index is 2.64. The highest BCUT2D eigenvalue weighted by Crippen LogP contribution is 2.37.